The third-order valence-electron chi connectivity index (χ3n) is 3.56. The molecule has 4 nitrogen and oxygen atoms in total. The van der Waals surface area contributed by atoms with Crippen LogP contribution in [0, 0.1) is 5.92 Å². The average molecular weight is 240 g/mol. The summed E-state index contributed by atoms with van der Waals surface area (Å²) in [5.74, 6) is 0.729. The van der Waals surface area contributed by atoms with E-state index in [0.717, 1.165) is 25.6 Å². The standard InChI is InChI=1S/C13H24N2O2/c1-12(2,3)17-11(16)15-8-7-14-13(4,9-15)10-5-6-10/h10,14H,5-9H2,1-4H3. The number of carbonyl (C=O) groups is 1. The van der Waals surface area contributed by atoms with E-state index in [9.17, 15) is 4.79 Å². The molecule has 2 fully saturated rings. The molecule has 2 aliphatic rings. The number of nitrogens with zero attached hydrogens (tertiary/aromatic N) is 1. The molecular formula is C13H24N2O2. The Balaban J connectivity index is 1.95. The molecule has 0 bridgehead atoms. The van der Waals surface area contributed by atoms with Crippen LogP contribution < -0.4 is 5.32 Å². The summed E-state index contributed by atoms with van der Waals surface area (Å²) >= 11 is 0. The zero-order chi connectivity index (χ0) is 12.7. The molecular weight excluding hydrogens is 216 g/mol. The number of carbonyl (C=O) groups excluding carboxylic acids is 1. The summed E-state index contributed by atoms with van der Waals surface area (Å²) in [5.41, 5.74) is -0.312. The van der Waals surface area contributed by atoms with Gasteiger partial charge in [-0.3, -0.25) is 0 Å². The van der Waals surface area contributed by atoms with Crippen LogP contribution in [-0.4, -0.2) is 41.8 Å². The van der Waals surface area contributed by atoms with E-state index in [-0.39, 0.29) is 11.6 Å². The Kier molecular flexibility index (Phi) is 3.10. The molecule has 1 atom stereocenters. The normalized spacial score (nSPS) is 30.2. The van der Waals surface area contributed by atoms with E-state index in [0.29, 0.717) is 0 Å². The summed E-state index contributed by atoms with van der Waals surface area (Å²) in [6, 6.07) is 0. The van der Waals surface area contributed by atoms with Crippen LogP contribution >= 0.6 is 0 Å². The van der Waals surface area contributed by atoms with Crippen LogP contribution in [0.5, 0.6) is 0 Å². The highest BCUT2D eigenvalue weighted by Gasteiger charge is 2.45. The van der Waals surface area contributed by atoms with E-state index in [1.165, 1.54) is 12.8 Å². The molecule has 17 heavy (non-hydrogen) atoms. The smallest absolute Gasteiger partial charge is 0.410 e. The van der Waals surface area contributed by atoms with Crippen LogP contribution in [0.4, 0.5) is 4.79 Å². The first kappa shape index (κ1) is 12.7. The lowest BCUT2D eigenvalue weighted by atomic mass is 9.93. The van der Waals surface area contributed by atoms with Gasteiger partial charge in [0.1, 0.15) is 5.60 Å². The van der Waals surface area contributed by atoms with Crippen molar-refractivity contribution in [2.24, 2.45) is 5.92 Å². The van der Waals surface area contributed by atoms with Crippen LogP contribution in [0.3, 0.4) is 0 Å². The lowest BCUT2D eigenvalue weighted by Gasteiger charge is -2.42. The molecule has 1 saturated heterocycles. The second kappa shape index (κ2) is 4.16. The van der Waals surface area contributed by atoms with Gasteiger partial charge in [-0.1, -0.05) is 0 Å². The molecule has 1 N–H and O–H groups in total. The molecule has 1 aliphatic heterocycles. The van der Waals surface area contributed by atoms with Crippen molar-refractivity contribution in [3.63, 3.8) is 0 Å². The van der Waals surface area contributed by atoms with Crippen LogP contribution in [0.2, 0.25) is 0 Å². The van der Waals surface area contributed by atoms with Gasteiger partial charge in [0.15, 0.2) is 0 Å². The number of nitrogens with one attached hydrogen (secondary N) is 1. The van der Waals surface area contributed by atoms with E-state index in [1.54, 1.807) is 0 Å². The van der Waals surface area contributed by atoms with Gasteiger partial charge in [-0.15, -0.1) is 0 Å². The largest absolute Gasteiger partial charge is 0.444 e. The molecule has 0 aromatic heterocycles. The Labute approximate surface area is 104 Å². The van der Waals surface area contributed by atoms with Gasteiger partial charge in [-0.25, -0.2) is 4.79 Å². The Morgan fingerprint density at radius 1 is 1.41 bits per heavy atom. The number of ether oxygens (including phenoxy) is 1. The van der Waals surface area contributed by atoms with Crippen LogP contribution in [0.25, 0.3) is 0 Å². The minimum Gasteiger partial charge on any atom is -0.444 e. The summed E-state index contributed by atoms with van der Waals surface area (Å²) in [4.78, 5) is 13.9. The molecule has 1 amide bonds. The summed E-state index contributed by atoms with van der Waals surface area (Å²) < 4.78 is 5.43. The minimum atomic E-state index is -0.405. The van der Waals surface area contributed by atoms with E-state index >= 15 is 0 Å². The predicted octanol–water partition coefficient (Wildman–Crippen LogP) is 2.00. The summed E-state index contributed by atoms with van der Waals surface area (Å²) in [5, 5.41) is 3.56. The van der Waals surface area contributed by atoms with Gasteiger partial charge in [-0.05, 0) is 46.5 Å². The van der Waals surface area contributed by atoms with Crippen LogP contribution in [-0.2, 0) is 4.74 Å². The third-order valence-corrected chi connectivity index (χ3v) is 3.56. The first-order valence-corrected chi connectivity index (χ1v) is 6.53. The lowest BCUT2D eigenvalue weighted by molar-refractivity contribution is 0.0118. The maximum absolute atomic E-state index is 12.0. The van der Waals surface area contributed by atoms with Crippen molar-refractivity contribution in [3.05, 3.63) is 0 Å². The highest BCUT2D eigenvalue weighted by molar-refractivity contribution is 5.68. The molecule has 0 radical (unpaired) electrons. The maximum atomic E-state index is 12.0. The van der Waals surface area contributed by atoms with Gasteiger partial charge in [0.2, 0.25) is 0 Å². The van der Waals surface area contributed by atoms with Gasteiger partial charge < -0.3 is 15.0 Å². The zero-order valence-electron chi connectivity index (χ0n) is 11.4. The molecule has 0 aromatic carbocycles. The van der Waals surface area contributed by atoms with Gasteiger partial charge in [0, 0.05) is 25.2 Å². The second-order valence-electron chi connectivity index (χ2n) is 6.52. The van der Waals surface area contributed by atoms with Crippen molar-refractivity contribution < 1.29 is 9.53 Å². The number of piperazine rings is 1. The fraction of sp³-hybridized carbons (Fsp3) is 0.923. The monoisotopic (exact) mass is 240 g/mol. The fourth-order valence-corrected chi connectivity index (χ4v) is 2.48. The molecule has 1 aliphatic carbocycles. The SMILES string of the molecule is CC(C)(C)OC(=O)N1CCNC(C)(C2CC2)C1. The molecule has 1 saturated carbocycles. The molecule has 2 rings (SSSR count). The van der Waals surface area contributed by atoms with E-state index < -0.39 is 5.60 Å². The molecule has 0 spiro atoms. The molecule has 0 aromatic rings. The van der Waals surface area contributed by atoms with E-state index in [4.69, 9.17) is 4.74 Å². The van der Waals surface area contributed by atoms with E-state index in [2.05, 4.69) is 12.2 Å². The highest BCUT2D eigenvalue weighted by atomic mass is 16.6. The first-order chi connectivity index (χ1) is 7.80. The van der Waals surface area contributed by atoms with Crippen molar-refractivity contribution in [3.8, 4) is 0 Å². The highest BCUT2D eigenvalue weighted by Crippen LogP contribution is 2.40. The van der Waals surface area contributed by atoms with Crippen molar-refractivity contribution in [2.45, 2.75) is 51.7 Å². The fourth-order valence-electron chi connectivity index (χ4n) is 2.48. The van der Waals surface area contributed by atoms with Crippen molar-refractivity contribution >= 4 is 6.09 Å². The van der Waals surface area contributed by atoms with Crippen molar-refractivity contribution in [1.82, 2.24) is 10.2 Å². The lowest BCUT2D eigenvalue weighted by Crippen LogP contribution is -2.61. The number of hydrogen-bond donors (Lipinski definition) is 1. The average Bonchev–Trinajstić information content (AvgIpc) is 2.98. The molecule has 1 heterocycles. The zero-order valence-corrected chi connectivity index (χ0v) is 11.4. The predicted molar refractivity (Wildman–Crippen MR) is 66.9 cm³/mol. The van der Waals surface area contributed by atoms with Gasteiger partial charge >= 0.3 is 6.09 Å². The Morgan fingerprint density at radius 3 is 2.59 bits per heavy atom. The van der Waals surface area contributed by atoms with Gasteiger partial charge in [-0.2, -0.15) is 0 Å². The summed E-state index contributed by atoms with van der Waals surface area (Å²) in [6.07, 6.45) is 2.39. The Hall–Kier alpha value is -0.770. The number of rotatable bonds is 1. The van der Waals surface area contributed by atoms with Crippen LogP contribution in [0.15, 0.2) is 0 Å². The quantitative estimate of drug-likeness (QED) is 0.762. The number of hydrogen-bond acceptors (Lipinski definition) is 3. The van der Waals surface area contributed by atoms with Crippen LogP contribution in [0.1, 0.15) is 40.5 Å². The third kappa shape index (κ3) is 3.12. The topological polar surface area (TPSA) is 41.6 Å². The summed E-state index contributed by atoms with van der Waals surface area (Å²) in [7, 11) is 0. The molecule has 4 heteroatoms. The second-order valence-corrected chi connectivity index (χ2v) is 6.52. The Morgan fingerprint density at radius 2 is 2.06 bits per heavy atom. The first-order valence-electron chi connectivity index (χ1n) is 6.53. The van der Waals surface area contributed by atoms with Crippen molar-refractivity contribution in [2.75, 3.05) is 19.6 Å². The van der Waals surface area contributed by atoms with Gasteiger partial charge in [0.25, 0.3) is 0 Å². The maximum Gasteiger partial charge on any atom is 0.410 e. The Bertz CT molecular complexity index is 307. The minimum absolute atomic E-state index is 0.0924. The van der Waals surface area contributed by atoms with E-state index in [1.807, 2.05) is 25.7 Å². The summed E-state index contributed by atoms with van der Waals surface area (Å²) in [6.45, 7) is 10.3. The molecule has 98 valence electrons. The molecule has 1 unspecified atom stereocenters. The number of amides is 1. The van der Waals surface area contributed by atoms with Gasteiger partial charge in [0.05, 0.1) is 0 Å². The van der Waals surface area contributed by atoms with Crippen molar-refractivity contribution in [1.29, 1.82) is 0 Å².